The van der Waals surface area contributed by atoms with Gasteiger partial charge in [0.1, 0.15) is 6.61 Å². The van der Waals surface area contributed by atoms with Crippen molar-refractivity contribution in [1.82, 2.24) is 9.47 Å². The average Bonchev–Trinajstić information content (AvgIpc) is 3.25. The predicted octanol–water partition coefficient (Wildman–Crippen LogP) is 4.03. The van der Waals surface area contributed by atoms with Crippen LogP contribution in [-0.2, 0) is 11.3 Å². The fourth-order valence-electron chi connectivity index (χ4n) is 3.95. The molecule has 5 nitrogen and oxygen atoms in total. The standard InChI is InChI=1S/C22H26N2O3/c1-15-13-20(16(2)24(15)19-9-10-19)22(26)27-14-17-5-7-18(8-6-17)21(25)23-11-3-4-12-23/h5-8,13,19H,3-4,9-12,14H2,1-2H3. The maximum atomic E-state index is 12.5. The molecule has 0 spiro atoms. The second-order valence-corrected chi connectivity index (χ2v) is 7.66. The van der Waals surface area contributed by atoms with Crippen molar-refractivity contribution in [3.63, 3.8) is 0 Å². The summed E-state index contributed by atoms with van der Waals surface area (Å²) in [6, 6.07) is 9.85. The summed E-state index contributed by atoms with van der Waals surface area (Å²) in [5.41, 5.74) is 4.34. The minimum absolute atomic E-state index is 0.0866. The maximum Gasteiger partial charge on any atom is 0.340 e. The van der Waals surface area contributed by atoms with Crippen molar-refractivity contribution in [2.75, 3.05) is 13.1 Å². The first-order valence-corrected chi connectivity index (χ1v) is 9.78. The molecule has 142 valence electrons. The van der Waals surface area contributed by atoms with Gasteiger partial charge in [-0.15, -0.1) is 0 Å². The molecule has 1 aromatic carbocycles. The number of aromatic nitrogens is 1. The Bertz CT molecular complexity index is 856. The third-order valence-electron chi connectivity index (χ3n) is 5.58. The first-order valence-electron chi connectivity index (χ1n) is 9.78. The molecule has 0 radical (unpaired) electrons. The van der Waals surface area contributed by atoms with E-state index in [2.05, 4.69) is 4.57 Å². The Morgan fingerprint density at radius 1 is 1.07 bits per heavy atom. The highest BCUT2D eigenvalue weighted by molar-refractivity contribution is 5.94. The van der Waals surface area contributed by atoms with Crippen LogP contribution < -0.4 is 0 Å². The topological polar surface area (TPSA) is 51.5 Å². The molecule has 2 aliphatic rings. The summed E-state index contributed by atoms with van der Waals surface area (Å²) in [5.74, 6) is -0.198. The summed E-state index contributed by atoms with van der Waals surface area (Å²) in [5, 5.41) is 0. The van der Waals surface area contributed by atoms with Crippen molar-refractivity contribution in [3.05, 3.63) is 58.4 Å². The number of hydrogen-bond donors (Lipinski definition) is 0. The van der Waals surface area contributed by atoms with E-state index in [9.17, 15) is 9.59 Å². The van der Waals surface area contributed by atoms with E-state index in [0.717, 1.165) is 42.9 Å². The molecule has 0 N–H and O–H groups in total. The fourth-order valence-corrected chi connectivity index (χ4v) is 3.95. The Kier molecular flexibility index (Phi) is 4.77. The van der Waals surface area contributed by atoms with Crippen LogP contribution in [0.2, 0.25) is 0 Å². The zero-order valence-electron chi connectivity index (χ0n) is 16.0. The molecule has 5 heteroatoms. The van der Waals surface area contributed by atoms with Crippen molar-refractivity contribution < 1.29 is 14.3 Å². The molecule has 0 unspecified atom stereocenters. The summed E-state index contributed by atoms with van der Waals surface area (Å²) in [6.07, 6.45) is 4.54. The van der Waals surface area contributed by atoms with Gasteiger partial charge in [-0.05, 0) is 63.3 Å². The second kappa shape index (κ2) is 7.22. The third kappa shape index (κ3) is 3.64. The minimum atomic E-state index is -0.285. The number of benzene rings is 1. The molecular formula is C22H26N2O3. The molecule has 1 amide bonds. The lowest BCUT2D eigenvalue weighted by Gasteiger charge is -2.15. The van der Waals surface area contributed by atoms with Crippen LogP contribution in [0, 0.1) is 13.8 Å². The van der Waals surface area contributed by atoms with Crippen molar-refractivity contribution in [1.29, 1.82) is 0 Å². The van der Waals surface area contributed by atoms with Gasteiger partial charge in [0, 0.05) is 36.1 Å². The Hall–Kier alpha value is -2.56. The van der Waals surface area contributed by atoms with E-state index in [1.165, 1.54) is 12.8 Å². The van der Waals surface area contributed by atoms with Gasteiger partial charge in [0.2, 0.25) is 0 Å². The fraction of sp³-hybridized carbons (Fsp3) is 0.455. The molecule has 1 saturated carbocycles. The van der Waals surface area contributed by atoms with Crippen molar-refractivity contribution in [2.24, 2.45) is 0 Å². The Morgan fingerprint density at radius 3 is 2.37 bits per heavy atom. The molecular weight excluding hydrogens is 340 g/mol. The Balaban J connectivity index is 1.38. The number of aryl methyl sites for hydroxylation is 1. The lowest BCUT2D eigenvalue weighted by atomic mass is 10.1. The molecule has 4 rings (SSSR count). The first-order chi connectivity index (χ1) is 13.0. The molecule has 1 aliphatic heterocycles. The highest BCUT2D eigenvalue weighted by Crippen LogP contribution is 2.38. The number of carbonyl (C=O) groups is 2. The van der Waals surface area contributed by atoms with E-state index < -0.39 is 0 Å². The highest BCUT2D eigenvalue weighted by atomic mass is 16.5. The van der Waals surface area contributed by atoms with Crippen LogP contribution in [0.4, 0.5) is 0 Å². The quantitative estimate of drug-likeness (QED) is 0.751. The summed E-state index contributed by atoms with van der Waals surface area (Å²) in [7, 11) is 0. The van der Waals surface area contributed by atoms with Crippen LogP contribution in [0.1, 0.15) is 69.4 Å². The second-order valence-electron chi connectivity index (χ2n) is 7.66. The molecule has 2 heterocycles. The van der Waals surface area contributed by atoms with Crippen LogP contribution >= 0.6 is 0 Å². The normalized spacial score (nSPS) is 16.6. The lowest BCUT2D eigenvalue weighted by Crippen LogP contribution is -2.27. The van der Waals surface area contributed by atoms with Crippen molar-refractivity contribution >= 4 is 11.9 Å². The van der Waals surface area contributed by atoms with Gasteiger partial charge in [-0.3, -0.25) is 4.79 Å². The van der Waals surface area contributed by atoms with Gasteiger partial charge < -0.3 is 14.2 Å². The van der Waals surface area contributed by atoms with Crippen LogP contribution in [-0.4, -0.2) is 34.4 Å². The van der Waals surface area contributed by atoms with E-state index in [-0.39, 0.29) is 18.5 Å². The molecule has 0 atom stereocenters. The summed E-state index contributed by atoms with van der Waals surface area (Å²) in [6.45, 7) is 5.93. The zero-order valence-corrected chi connectivity index (χ0v) is 16.0. The molecule has 27 heavy (non-hydrogen) atoms. The molecule has 2 aromatic rings. The minimum Gasteiger partial charge on any atom is -0.457 e. The van der Waals surface area contributed by atoms with Crippen molar-refractivity contribution in [2.45, 2.75) is 52.2 Å². The largest absolute Gasteiger partial charge is 0.457 e. The number of nitrogens with zero attached hydrogens (tertiary/aromatic N) is 2. The number of likely N-dealkylation sites (tertiary alicyclic amines) is 1. The highest BCUT2D eigenvalue weighted by Gasteiger charge is 2.28. The number of rotatable bonds is 5. The lowest BCUT2D eigenvalue weighted by molar-refractivity contribution is 0.0471. The Labute approximate surface area is 159 Å². The SMILES string of the molecule is Cc1cc(C(=O)OCc2ccc(C(=O)N3CCCC3)cc2)c(C)n1C1CC1. The monoisotopic (exact) mass is 366 g/mol. The van der Waals surface area contributed by atoms with Gasteiger partial charge in [0.25, 0.3) is 5.91 Å². The average molecular weight is 366 g/mol. The van der Waals surface area contributed by atoms with Crippen LogP contribution in [0.5, 0.6) is 0 Å². The van der Waals surface area contributed by atoms with Gasteiger partial charge in [0.05, 0.1) is 5.56 Å². The summed E-state index contributed by atoms with van der Waals surface area (Å²) < 4.78 is 7.76. The zero-order chi connectivity index (χ0) is 19.0. The number of carbonyl (C=O) groups excluding carboxylic acids is 2. The summed E-state index contributed by atoms with van der Waals surface area (Å²) >= 11 is 0. The maximum absolute atomic E-state index is 12.5. The number of ether oxygens (including phenoxy) is 1. The Morgan fingerprint density at radius 2 is 1.74 bits per heavy atom. The van der Waals surface area contributed by atoms with Gasteiger partial charge in [-0.25, -0.2) is 4.79 Å². The summed E-state index contributed by atoms with van der Waals surface area (Å²) in [4.78, 5) is 26.8. The van der Waals surface area contributed by atoms with E-state index in [1.807, 2.05) is 49.1 Å². The number of amides is 1. The smallest absolute Gasteiger partial charge is 0.340 e. The molecule has 1 aromatic heterocycles. The van der Waals surface area contributed by atoms with Crippen molar-refractivity contribution in [3.8, 4) is 0 Å². The van der Waals surface area contributed by atoms with Gasteiger partial charge in [0.15, 0.2) is 0 Å². The molecule has 2 fully saturated rings. The van der Waals surface area contributed by atoms with E-state index in [1.54, 1.807) is 0 Å². The third-order valence-corrected chi connectivity index (χ3v) is 5.58. The van der Waals surface area contributed by atoms with E-state index >= 15 is 0 Å². The van der Waals surface area contributed by atoms with Gasteiger partial charge >= 0.3 is 5.97 Å². The molecule has 0 bridgehead atoms. The van der Waals surface area contributed by atoms with Crippen LogP contribution in [0.25, 0.3) is 0 Å². The molecule has 1 aliphatic carbocycles. The van der Waals surface area contributed by atoms with Crippen LogP contribution in [0.15, 0.2) is 30.3 Å². The van der Waals surface area contributed by atoms with Crippen LogP contribution in [0.3, 0.4) is 0 Å². The molecule has 1 saturated heterocycles. The van der Waals surface area contributed by atoms with E-state index in [4.69, 9.17) is 4.74 Å². The number of esters is 1. The van der Waals surface area contributed by atoms with E-state index in [0.29, 0.717) is 17.2 Å². The number of hydrogen-bond acceptors (Lipinski definition) is 3. The first kappa shape index (κ1) is 17.8. The van der Waals surface area contributed by atoms with Gasteiger partial charge in [-0.2, -0.15) is 0 Å². The predicted molar refractivity (Wildman–Crippen MR) is 103 cm³/mol. The van der Waals surface area contributed by atoms with Gasteiger partial charge in [-0.1, -0.05) is 12.1 Å².